The van der Waals surface area contributed by atoms with Crippen molar-refractivity contribution < 1.29 is 9.53 Å². The van der Waals surface area contributed by atoms with Crippen LogP contribution >= 0.6 is 11.3 Å². The SMILES string of the molecule is COCc1nnc(NC(=O)c2cn(CC(C)C)c(=O)c3ccccc23)s1. The summed E-state index contributed by atoms with van der Waals surface area (Å²) in [6, 6.07) is 7.13. The molecule has 1 aromatic carbocycles. The van der Waals surface area contributed by atoms with E-state index in [1.54, 1.807) is 36.1 Å². The normalized spacial score (nSPS) is 11.2. The number of ether oxygens (including phenoxy) is 1. The van der Waals surface area contributed by atoms with E-state index in [1.807, 2.05) is 19.9 Å². The lowest BCUT2D eigenvalue weighted by atomic mass is 10.1. The number of nitrogens with zero attached hydrogens (tertiary/aromatic N) is 3. The number of nitrogens with one attached hydrogen (secondary N) is 1. The Bertz CT molecular complexity index is 994. The van der Waals surface area contributed by atoms with Gasteiger partial charge in [-0.25, -0.2) is 0 Å². The standard InChI is InChI=1S/C18H20N4O3S/c1-11(2)8-22-9-14(12-6-4-5-7-13(12)17(22)24)16(23)19-18-21-20-15(26-18)10-25-3/h4-7,9,11H,8,10H2,1-3H3,(H,19,21,23). The van der Waals surface area contributed by atoms with E-state index in [9.17, 15) is 9.59 Å². The smallest absolute Gasteiger partial charge is 0.259 e. The second kappa shape index (κ2) is 7.76. The first kappa shape index (κ1) is 18.2. The number of anilines is 1. The summed E-state index contributed by atoms with van der Waals surface area (Å²) in [6.07, 6.45) is 1.62. The first-order valence-electron chi connectivity index (χ1n) is 8.24. The molecule has 136 valence electrons. The molecule has 7 nitrogen and oxygen atoms in total. The zero-order valence-electron chi connectivity index (χ0n) is 14.9. The molecule has 0 aliphatic carbocycles. The minimum absolute atomic E-state index is 0.0934. The van der Waals surface area contributed by atoms with Crippen LogP contribution in [-0.4, -0.2) is 27.8 Å². The highest BCUT2D eigenvalue weighted by Crippen LogP contribution is 2.20. The number of benzene rings is 1. The Morgan fingerprint density at radius 1 is 1.27 bits per heavy atom. The molecule has 2 aromatic heterocycles. The Hall–Kier alpha value is -2.58. The van der Waals surface area contributed by atoms with Crippen molar-refractivity contribution in [1.82, 2.24) is 14.8 Å². The van der Waals surface area contributed by atoms with Gasteiger partial charge in [-0.05, 0) is 12.0 Å². The summed E-state index contributed by atoms with van der Waals surface area (Å²) >= 11 is 1.26. The van der Waals surface area contributed by atoms with E-state index in [4.69, 9.17) is 4.74 Å². The minimum Gasteiger partial charge on any atom is -0.377 e. The third-order valence-electron chi connectivity index (χ3n) is 3.76. The number of carbonyl (C=O) groups excluding carboxylic acids is 1. The van der Waals surface area contributed by atoms with Gasteiger partial charge in [-0.2, -0.15) is 0 Å². The fourth-order valence-corrected chi connectivity index (χ4v) is 3.41. The van der Waals surface area contributed by atoms with Crippen LogP contribution in [0.3, 0.4) is 0 Å². The van der Waals surface area contributed by atoms with Gasteiger partial charge >= 0.3 is 0 Å². The molecule has 3 aromatic rings. The van der Waals surface area contributed by atoms with Gasteiger partial charge in [-0.15, -0.1) is 10.2 Å². The van der Waals surface area contributed by atoms with Gasteiger partial charge in [-0.3, -0.25) is 14.9 Å². The summed E-state index contributed by atoms with van der Waals surface area (Å²) < 4.78 is 6.61. The molecule has 0 spiro atoms. The molecule has 0 saturated heterocycles. The van der Waals surface area contributed by atoms with Crippen molar-refractivity contribution in [3.63, 3.8) is 0 Å². The van der Waals surface area contributed by atoms with Crippen molar-refractivity contribution in [3.05, 3.63) is 51.4 Å². The van der Waals surface area contributed by atoms with Crippen LogP contribution in [0.2, 0.25) is 0 Å². The average molecular weight is 372 g/mol. The van der Waals surface area contributed by atoms with Crippen LogP contribution in [0, 0.1) is 5.92 Å². The number of hydrogen-bond donors (Lipinski definition) is 1. The molecule has 0 aliphatic heterocycles. The molecule has 0 unspecified atom stereocenters. The van der Waals surface area contributed by atoms with Crippen molar-refractivity contribution >= 4 is 33.1 Å². The van der Waals surface area contributed by atoms with E-state index < -0.39 is 0 Å². The first-order chi connectivity index (χ1) is 12.5. The van der Waals surface area contributed by atoms with E-state index in [0.717, 1.165) is 0 Å². The van der Waals surface area contributed by atoms with Crippen molar-refractivity contribution in [2.45, 2.75) is 27.0 Å². The molecule has 1 amide bonds. The summed E-state index contributed by atoms with van der Waals surface area (Å²) in [7, 11) is 1.57. The Balaban J connectivity index is 2.00. The molecule has 0 atom stereocenters. The zero-order chi connectivity index (χ0) is 18.7. The number of amides is 1. The van der Waals surface area contributed by atoms with Crippen LogP contribution in [0.1, 0.15) is 29.2 Å². The van der Waals surface area contributed by atoms with Crippen molar-refractivity contribution in [1.29, 1.82) is 0 Å². The maximum atomic E-state index is 12.8. The molecule has 3 rings (SSSR count). The van der Waals surface area contributed by atoms with Gasteiger partial charge in [0, 0.05) is 30.6 Å². The zero-order valence-corrected chi connectivity index (χ0v) is 15.7. The molecule has 2 heterocycles. The topological polar surface area (TPSA) is 86.1 Å². The van der Waals surface area contributed by atoms with Gasteiger partial charge in [0.2, 0.25) is 5.13 Å². The fraction of sp³-hybridized carbons (Fsp3) is 0.333. The maximum Gasteiger partial charge on any atom is 0.259 e. The molecule has 0 fully saturated rings. The lowest BCUT2D eigenvalue weighted by molar-refractivity contribution is 0.102. The largest absolute Gasteiger partial charge is 0.377 e. The number of rotatable bonds is 6. The van der Waals surface area contributed by atoms with E-state index in [1.165, 1.54) is 11.3 Å². The predicted molar refractivity (Wildman–Crippen MR) is 102 cm³/mol. The lowest BCUT2D eigenvalue weighted by Crippen LogP contribution is -2.25. The highest BCUT2D eigenvalue weighted by atomic mass is 32.1. The summed E-state index contributed by atoms with van der Waals surface area (Å²) in [5.74, 6) is -0.0386. The fourth-order valence-electron chi connectivity index (χ4n) is 2.70. The van der Waals surface area contributed by atoms with Gasteiger partial charge in [0.1, 0.15) is 11.6 Å². The number of pyridine rings is 1. The maximum absolute atomic E-state index is 12.8. The molecule has 0 saturated carbocycles. The summed E-state index contributed by atoms with van der Waals surface area (Å²) in [4.78, 5) is 25.5. The quantitative estimate of drug-likeness (QED) is 0.719. The Morgan fingerprint density at radius 2 is 2.00 bits per heavy atom. The number of carbonyl (C=O) groups is 1. The molecule has 0 bridgehead atoms. The van der Waals surface area contributed by atoms with Crippen LogP contribution < -0.4 is 10.9 Å². The highest BCUT2D eigenvalue weighted by molar-refractivity contribution is 7.15. The number of methoxy groups -OCH3 is 1. The Labute approximate surface area is 154 Å². The third kappa shape index (κ3) is 3.81. The average Bonchev–Trinajstić information content (AvgIpc) is 3.04. The van der Waals surface area contributed by atoms with E-state index in [-0.39, 0.29) is 17.4 Å². The summed E-state index contributed by atoms with van der Waals surface area (Å²) in [6.45, 7) is 4.94. The van der Waals surface area contributed by atoms with Gasteiger partial charge in [0.05, 0.1) is 5.56 Å². The van der Waals surface area contributed by atoms with Crippen molar-refractivity contribution in [2.24, 2.45) is 5.92 Å². The van der Waals surface area contributed by atoms with Crippen molar-refractivity contribution in [2.75, 3.05) is 12.4 Å². The first-order valence-corrected chi connectivity index (χ1v) is 9.06. The molecule has 0 radical (unpaired) electrons. The molecule has 0 aliphatic rings. The minimum atomic E-state index is -0.321. The third-order valence-corrected chi connectivity index (χ3v) is 4.57. The monoisotopic (exact) mass is 372 g/mol. The van der Waals surface area contributed by atoms with Gasteiger partial charge < -0.3 is 9.30 Å². The highest BCUT2D eigenvalue weighted by Gasteiger charge is 2.17. The van der Waals surface area contributed by atoms with Crippen molar-refractivity contribution in [3.8, 4) is 0 Å². The number of aromatic nitrogens is 3. The summed E-state index contributed by atoms with van der Waals surface area (Å²) in [5.41, 5.74) is 0.341. The van der Waals surface area contributed by atoms with Crippen LogP contribution in [0.25, 0.3) is 10.8 Å². The van der Waals surface area contributed by atoms with Crippen LogP contribution in [0.15, 0.2) is 35.3 Å². The van der Waals surface area contributed by atoms with E-state index in [0.29, 0.717) is 39.6 Å². The van der Waals surface area contributed by atoms with Gasteiger partial charge in [0.25, 0.3) is 11.5 Å². The number of fused-ring (bicyclic) bond motifs is 1. The molecular weight excluding hydrogens is 352 g/mol. The van der Waals surface area contributed by atoms with Crippen LogP contribution in [0.5, 0.6) is 0 Å². The second-order valence-corrected chi connectivity index (χ2v) is 7.39. The number of hydrogen-bond acceptors (Lipinski definition) is 6. The molecule has 8 heteroatoms. The molecule has 26 heavy (non-hydrogen) atoms. The summed E-state index contributed by atoms with van der Waals surface area (Å²) in [5, 5.41) is 12.9. The van der Waals surface area contributed by atoms with Crippen LogP contribution in [0.4, 0.5) is 5.13 Å². The molecular formula is C18H20N4O3S. The van der Waals surface area contributed by atoms with Crippen LogP contribution in [-0.2, 0) is 17.9 Å². The van der Waals surface area contributed by atoms with Gasteiger partial charge in [0.15, 0.2) is 0 Å². The second-order valence-electron chi connectivity index (χ2n) is 6.33. The van der Waals surface area contributed by atoms with Gasteiger partial charge in [-0.1, -0.05) is 43.4 Å². The molecule has 1 N–H and O–H groups in total. The Kier molecular flexibility index (Phi) is 5.43. The Morgan fingerprint density at radius 3 is 2.69 bits per heavy atom. The van der Waals surface area contributed by atoms with E-state index >= 15 is 0 Å². The van der Waals surface area contributed by atoms with E-state index in [2.05, 4.69) is 15.5 Å². The lowest BCUT2D eigenvalue weighted by Gasteiger charge is -2.13. The predicted octanol–water partition coefficient (Wildman–Crippen LogP) is 2.91.